The molecule has 2 heterocycles. The number of aromatic nitrogens is 1. The topological polar surface area (TPSA) is 117 Å². The molecule has 1 aliphatic heterocycles. The highest BCUT2D eigenvalue weighted by atomic mass is 35.5. The molecule has 4 rings (SSSR count). The van der Waals surface area contributed by atoms with E-state index in [1.165, 1.54) is 34.6 Å². The van der Waals surface area contributed by atoms with Gasteiger partial charge >= 0.3 is 6.18 Å². The summed E-state index contributed by atoms with van der Waals surface area (Å²) < 4.78 is 66.8. The molecular formula is C23H20ClF3N4O4S. The summed E-state index contributed by atoms with van der Waals surface area (Å²) in [7, 11) is -3.89. The molecule has 3 aromatic rings. The van der Waals surface area contributed by atoms with Gasteiger partial charge in [-0.1, -0.05) is 35.9 Å². The Kier molecular flexibility index (Phi) is 6.86. The van der Waals surface area contributed by atoms with Crippen molar-refractivity contribution in [2.24, 2.45) is 5.73 Å². The number of hydrogen-bond donors (Lipinski definition) is 2. The molecule has 1 saturated heterocycles. The maximum absolute atomic E-state index is 13.1. The Balaban J connectivity index is 1.50. The van der Waals surface area contributed by atoms with E-state index < -0.39 is 27.7 Å². The number of aromatic hydroxyl groups is 1. The van der Waals surface area contributed by atoms with E-state index in [0.29, 0.717) is 11.1 Å². The van der Waals surface area contributed by atoms with Gasteiger partial charge in [-0.15, -0.1) is 0 Å². The number of piperazine rings is 1. The molecule has 1 amide bonds. The van der Waals surface area contributed by atoms with E-state index in [-0.39, 0.29) is 53.4 Å². The summed E-state index contributed by atoms with van der Waals surface area (Å²) in [6.45, 7) is 0.299. The van der Waals surface area contributed by atoms with Gasteiger partial charge in [0.25, 0.3) is 5.91 Å². The van der Waals surface area contributed by atoms with Gasteiger partial charge in [-0.25, -0.2) is 13.4 Å². The van der Waals surface area contributed by atoms with Crippen LogP contribution >= 0.6 is 11.6 Å². The molecule has 3 N–H and O–H groups in total. The van der Waals surface area contributed by atoms with Crippen LogP contribution in [0.25, 0.3) is 11.1 Å². The largest absolute Gasteiger partial charge is 0.506 e. The Labute approximate surface area is 209 Å². The average molecular weight is 541 g/mol. The van der Waals surface area contributed by atoms with Gasteiger partial charge in [0.2, 0.25) is 10.0 Å². The number of para-hydroxylation sites is 1. The van der Waals surface area contributed by atoms with E-state index in [1.54, 1.807) is 17.0 Å². The molecule has 36 heavy (non-hydrogen) atoms. The van der Waals surface area contributed by atoms with Crippen molar-refractivity contribution in [3.63, 3.8) is 0 Å². The van der Waals surface area contributed by atoms with E-state index in [2.05, 4.69) is 4.98 Å². The van der Waals surface area contributed by atoms with Crippen molar-refractivity contribution in [2.45, 2.75) is 11.1 Å². The normalized spacial score (nSPS) is 15.2. The number of anilines is 1. The summed E-state index contributed by atoms with van der Waals surface area (Å²) in [6.07, 6.45) is -4.59. The van der Waals surface area contributed by atoms with Crippen LogP contribution in [0.1, 0.15) is 15.9 Å². The first kappa shape index (κ1) is 25.7. The zero-order chi connectivity index (χ0) is 26.3. The Morgan fingerprint density at radius 3 is 2.25 bits per heavy atom. The fraction of sp³-hybridized carbons (Fsp3) is 0.217. The molecule has 13 heteroatoms. The number of rotatable bonds is 5. The fourth-order valence-electron chi connectivity index (χ4n) is 3.90. The van der Waals surface area contributed by atoms with E-state index in [0.717, 1.165) is 12.1 Å². The van der Waals surface area contributed by atoms with Gasteiger partial charge in [0.05, 0.1) is 16.0 Å². The maximum atomic E-state index is 13.1. The molecule has 0 unspecified atom stereocenters. The van der Waals surface area contributed by atoms with E-state index >= 15 is 0 Å². The maximum Gasteiger partial charge on any atom is 0.416 e. The number of carbonyl (C=O) groups excluding carboxylic acids is 1. The molecule has 0 aliphatic carbocycles. The van der Waals surface area contributed by atoms with Crippen LogP contribution in [0.3, 0.4) is 0 Å². The van der Waals surface area contributed by atoms with E-state index in [1.807, 2.05) is 0 Å². The van der Waals surface area contributed by atoms with E-state index in [4.69, 9.17) is 17.3 Å². The number of pyridine rings is 1. The van der Waals surface area contributed by atoms with Crippen LogP contribution in [0.2, 0.25) is 5.15 Å². The lowest BCUT2D eigenvalue weighted by Gasteiger charge is -2.35. The summed E-state index contributed by atoms with van der Waals surface area (Å²) in [5.41, 5.74) is 5.07. The second-order valence-corrected chi connectivity index (χ2v) is 10.3. The summed E-state index contributed by atoms with van der Waals surface area (Å²) in [5, 5.41) is 10.0. The monoisotopic (exact) mass is 540 g/mol. The van der Waals surface area contributed by atoms with Crippen LogP contribution in [0, 0.1) is 0 Å². The molecule has 0 saturated carbocycles. The average Bonchev–Trinajstić information content (AvgIpc) is 2.83. The van der Waals surface area contributed by atoms with Crippen LogP contribution in [-0.2, 0) is 16.2 Å². The fourth-order valence-corrected chi connectivity index (χ4v) is 5.52. The third-order valence-corrected chi connectivity index (χ3v) is 7.88. The third kappa shape index (κ3) is 5.11. The van der Waals surface area contributed by atoms with Crippen molar-refractivity contribution in [2.75, 3.05) is 31.1 Å². The first-order valence-electron chi connectivity index (χ1n) is 10.6. The number of nitrogens with zero attached hydrogens (tertiary/aromatic N) is 3. The molecule has 1 fully saturated rings. The van der Waals surface area contributed by atoms with Crippen LogP contribution < -0.4 is 10.6 Å². The molecule has 0 spiro atoms. The van der Waals surface area contributed by atoms with Gasteiger partial charge in [-0.3, -0.25) is 4.79 Å². The van der Waals surface area contributed by atoms with Gasteiger partial charge in [-0.2, -0.15) is 17.5 Å². The lowest BCUT2D eigenvalue weighted by atomic mass is 10.0. The van der Waals surface area contributed by atoms with Gasteiger partial charge in [0, 0.05) is 31.7 Å². The minimum Gasteiger partial charge on any atom is -0.506 e. The Bertz CT molecular complexity index is 1410. The van der Waals surface area contributed by atoms with Crippen LogP contribution in [0.4, 0.5) is 19.0 Å². The zero-order valence-corrected chi connectivity index (χ0v) is 20.1. The predicted molar refractivity (Wildman–Crippen MR) is 127 cm³/mol. The van der Waals surface area contributed by atoms with Gasteiger partial charge in [0.15, 0.2) is 0 Å². The molecule has 190 valence electrons. The Morgan fingerprint density at radius 1 is 1.03 bits per heavy atom. The van der Waals surface area contributed by atoms with Crippen molar-refractivity contribution >= 4 is 33.3 Å². The second-order valence-electron chi connectivity index (χ2n) is 8.02. The quantitative estimate of drug-likeness (QED) is 0.476. The summed E-state index contributed by atoms with van der Waals surface area (Å²) in [4.78, 5) is 17.0. The smallest absolute Gasteiger partial charge is 0.416 e. The molecule has 8 nitrogen and oxygen atoms in total. The molecule has 0 radical (unpaired) electrons. The standard InChI is InChI=1S/C23H20ClF3N4O4S/c24-19-12-15(23(25,26)27)13-20(29-19)30-8-10-31(11-9-30)36(34,35)16-6-4-14(5-7-16)17-2-1-3-18(21(17)32)22(28)33/h1-7,12-13,32H,8-11H2,(H2,28,33). The SMILES string of the molecule is NC(=O)c1cccc(-c2ccc(S(=O)(=O)N3CCN(c4cc(C(F)(F)F)cc(Cl)n4)CC3)cc2)c1O. The Morgan fingerprint density at radius 2 is 1.67 bits per heavy atom. The number of benzene rings is 2. The van der Waals surface area contributed by atoms with Gasteiger partial charge in [-0.05, 0) is 35.9 Å². The summed E-state index contributed by atoms with van der Waals surface area (Å²) in [5.74, 6) is -1.08. The highest BCUT2D eigenvalue weighted by molar-refractivity contribution is 7.89. The van der Waals surface area contributed by atoms with Gasteiger partial charge in [0.1, 0.15) is 16.7 Å². The van der Waals surface area contributed by atoms with Crippen LogP contribution in [-0.4, -0.2) is 54.9 Å². The number of sulfonamides is 1. The number of alkyl halides is 3. The minimum absolute atomic E-state index is 0.00508. The van der Waals surface area contributed by atoms with Crippen molar-refractivity contribution in [1.29, 1.82) is 0 Å². The number of nitrogens with two attached hydrogens (primary N) is 1. The first-order valence-corrected chi connectivity index (χ1v) is 12.4. The molecular weight excluding hydrogens is 521 g/mol. The van der Waals surface area contributed by atoms with Crippen molar-refractivity contribution in [1.82, 2.24) is 9.29 Å². The van der Waals surface area contributed by atoms with Crippen molar-refractivity contribution in [3.05, 3.63) is 70.9 Å². The minimum atomic E-state index is -4.59. The highest BCUT2D eigenvalue weighted by Gasteiger charge is 2.33. The Hall–Kier alpha value is -3.35. The van der Waals surface area contributed by atoms with Crippen LogP contribution in [0.5, 0.6) is 5.75 Å². The molecule has 1 aromatic heterocycles. The molecule has 0 atom stereocenters. The summed E-state index contributed by atoms with van der Waals surface area (Å²) in [6, 6.07) is 11.9. The predicted octanol–water partition coefficient (Wildman–Crippen LogP) is 3.74. The van der Waals surface area contributed by atoms with E-state index in [9.17, 15) is 31.5 Å². The number of hydrogen-bond acceptors (Lipinski definition) is 6. The second kappa shape index (κ2) is 9.60. The molecule has 0 bridgehead atoms. The van der Waals surface area contributed by atoms with Crippen molar-refractivity contribution in [3.8, 4) is 16.9 Å². The molecule has 1 aliphatic rings. The third-order valence-electron chi connectivity index (χ3n) is 5.78. The van der Waals surface area contributed by atoms with Crippen LogP contribution in [0.15, 0.2) is 59.5 Å². The number of carbonyl (C=O) groups is 1. The first-order chi connectivity index (χ1) is 16.9. The highest BCUT2D eigenvalue weighted by Crippen LogP contribution is 2.34. The molecule has 2 aromatic carbocycles. The number of halogens is 4. The van der Waals surface area contributed by atoms with Crippen molar-refractivity contribution < 1.29 is 31.5 Å². The summed E-state index contributed by atoms with van der Waals surface area (Å²) >= 11 is 5.76. The van der Waals surface area contributed by atoms with Gasteiger partial charge < -0.3 is 15.7 Å². The number of amides is 1. The number of phenols is 1. The lowest BCUT2D eigenvalue weighted by molar-refractivity contribution is -0.137. The zero-order valence-electron chi connectivity index (χ0n) is 18.5. The number of primary amides is 1. The lowest BCUT2D eigenvalue weighted by Crippen LogP contribution is -2.49.